The van der Waals surface area contributed by atoms with Gasteiger partial charge < -0.3 is 15.2 Å². The highest BCUT2D eigenvalue weighted by Gasteiger charge is 2.44. The SMILES string of the molecule is CC1[C@H](C(=O)O)[C@H](NC(=O)OC(C)(C)C)CN1Cc1ccccc1. The standard InChI is InChI=1S/C18H26N2O4/c1-12-15(16(21)22)14(19-17(23)24-18(2,3)4)11-20(12)10-13-8-6-5-7-9-13/h5-9,12,14-15H,10-11H2,1-4H3,(H,19,23)(H,21,22)/t12?,14-,15+/m1/s1. The number of amides is 1. The van der Waals surface area contributed by atoms with Gasteiger partial charge in [-0.25, -0.2) is 4.79 Å². The predicted octanol–water partition coefficient (Wildman–Crippen LogP) is 2.48. The van der Waals surface area contributed by atoms with Crippen molar-refractivity contribution in [3.8, 4) is 0 Å². The summed E-state index contributed by atoms with van der Waals surface area (Å²) >= 11 is 0. The van der Waals surface area contributed by atoms with Crippen molar-refractivity contribution < 1.29 is 19.4 Å². The Balaban J connectivity index is 2.07. The summed E-state index contributed by atoms with van der Waals surface area (Å²) < 4.78 is 5.25. The first-order valence-corrected chi connectivity index (χ1v) is 8.17. The summed E-state index contributed by atoms with van der Waals surface area (Å²) in [6.07, 6.45) is -0.576. The Hall–Kier alpha value is -2.08. The van der Waals surface area contributed by atoms with Gasteiger partial charge in [0.2, 0.25) is 0 Å². The van der Waals surface area contributed by atoms with E-state index in [9.17, 15) is 14.7 Å². The van der Waals surface area contributed by atoms with Gasteiger partial charge in [-0.3, -0.25) is 9.69 Å². The molecular weight excluding hydrogens is 308 g/mol. The highest BCUT2D eigenvalue weighted by molar-refractivity contribution is 5.75. The van der Waals surface area contributed by atoms with E-state index in [2.05, 4.69) is 10.2 Å². The minimum atomic E-state index is -0.904. The number of likely N-dealkylation sites (tertiary alicyclic amines) is 1. The van der Waals surface area contributed by atoms with Gasteiger partial charge in [0.25, 0.3) is 0 Å². The second kappa shape index (κ2) is 7.21. The molecule has 1 aliphatic heterocycles. The quantitative estimate of drug-likeness (QED) is 0.884. The van der Waals surface area contributed by atoms with E-state index in [4.69, 9.17) is 4.74 Å². The van der Waals surface area contributed by atoms with Crippen LogP contribution in [-0.4, -0.2) is 46.3 Å². The zero-order valence-electron chi connectivity index (χ0n) is 14.7. The predicted molar refractivity (Wildman–Crippen MR) is 90.6 cm³/mol. The molecule has 1 fully saturated rings. The number of hydrogen-bond donors (Lipinski definition) is 2. The highest BCUT2D eigenvalue weighted by atomic mass is 16.6. The summed E-state index contributed by atoms with van der Waals surface area (Å²) in [6, 6.07) is 9.24. The summed E-state index contributed by atoms with van der Waals surface area (Å²) in [5.41, 5.74) is 0.503. The van der Waals surface area contributed by atoms with Gasteiger partial charge in [-0.15, -0.1) is 0 Å². The number of ether oxygens (including phenoxy) is 1. The third-order valence-electron chi connectivity index (χ3n) is 4.18. The minimum Gasteiger partial charge on any atom is -0.481 e. The van der Waals surface area contributed by atoms with Crippen LogP contribution in [0.1, 0.15) is 33.3 Å². The third kappa shape index (κ3) is 4.71. The Morgan fingerprint density at radius 2 is 1.92 bits per heavy atom. The molecule has 0 aliphatic carbocycles. The molecule has 0 radical (unpaired) electrons. The van der Waals surface area contributed by atoms with Crippen LogP contribution in [0, 0.1) is 5.92 Å². The van der Waals surface area contributed by atoms with Crippen molar-refractivity contribution in [3.05, 3.63) is 35.9 Å². The van der Waals surface area contributed by atoms with Crippen LogP contribution < -0.4 is 5.32 Å². The normalized spacial score (nSPS) is 24.6. The van der Waals surface area contributed by atoms with Crippen LogP contribution in [0.15, 0.2) is 30.3 Å². The molecule has 1 aromatic carbocycles. The van der Waals surface area contributed by atoms with Gasteiger partial charge in [0.05, 0.1) is 12.0 Å². The van der Waals surface area contributed by atoms with Crippen molar-refractivity contribution in [3.63, 3.8) is 0 Å². The fraction of sp³-hybridized carbons (Fsp3) is 0.556. The number of nitrogens with one attached hydrogen (secondary N) is 1. The van der Waals surface area contributed by atoms with E-state index in [0.29, 0.717) is 13.1 Å². The highest BCUT2D eigenvalue weighted by Crippen LogP contribution is 2.27. The van der Waals surface area contributed by atoms with Gasteiger partial charge in [-0.05, 0) is 33.3 Å². The van der Waals surface area contributed by atoms with Crippen molar-refractivity contribution in [1.82, 2.24) is 10.2 Å². The maximum atomic E-state index is 12.0. The molecule has 0 aromatic heterocycles. The van der Waals surface area contributed by atoms with Crippen LogP contribution in [-0.2, 0) is 16.1 Å². The molecule has 1 saturated heterocycles. The average Bonchev–Trinajstić information content (AvgIpc) is 2.73. The number of carbonyl (C=O) groups is 2. The van der Waals surface area contributed by atoms with Crippen molar-refractivity contribution in [2.24, 2.45) is 5.92 Å². The summed E-state index contributed by atoms with van der Waals surface area (Å²) in [7, 11) is 0. The number of benzene rings is 1. The van der Waals surface area contributed by atoms with Crippen LogP contribution in [0.4, 0.5) is 4.79 Å². The number of alkyl carbamates (subject to hydrolysis) is 1. The summed E-state index contributed by atoms with van der Waals surface area (Å²) in [5, 5.41) is 12.3. The molecule has 6 nitrogen and oxygen atoms in total. The van der Waals surface area contributed by atoms with E-state index in [-0.39, 0.29) is 6.04 Å². The number of hydrogen-bond acceptors (Lipinski definition) is 4. The number of nitrogens with zero attached hydrogens (tertiary/aromatic N) is 1. The molecule has 0 saturated carbocycles. The Bertz CT molecular complexity index is 582. The smallest absolute Gasteiger partial charge is 0.407 e. The largest absolute Gasteiger partial charge is 0.481 e. The maximum Gasteiger partial charge on any atom is 0.407 e. The Morgan fingerprint density at radius 3 is 2.46 bits per heavy atom. The molecule has 24 heavy (non-hydrogen) atoms. The lowest BCUT2D eigenvalue weighted by atomic mass is 9.98. The van der Waals surface area contributed by atoms with Crippen molar-refractivity contribution >= 4 is 12.1 Å². The lowest BCUT2D eigenvalue weighted by molar-refractivity contribution is -0.142. The lowest BCUT2D eigenvalue weighted by Gasteiger charge is -2.23. The first kappa shape index (κ1) is 18.3. The fourth-order valence-corrected chi connectivity index (χ4v) is 3.10. The Morgan fingerprint density at radius 1 is 1.29 bits per heavy atom. The summed E-state index contributed by atoms with van der Waals surface area (Å²) in [5.74, 6) is -1.57. The van der Waals surface area contributed by atoms with E-state index < -0.39 is 29.6 Å². The monoisotopic (exact) mass is 334 g/mol. The van der Waals surface area contributed by atoms with Crippen LogP contribution in [0.25, 0.3) is 0 Å². The van der Waals surface area contributed by atoms with Crippen LogP contribution in [0.2, 0.25) is 0 Å². The summed E-state index contributed by atoms with van der Waals surface area (Å²) in [6.45, 7) is 8.35. The molecule has 1 amide bonds. The van der Waals surface area contributed by atoms with Gasteiger partial charge in [-0.2, -0.15) is 0 Å². The topological polar surface area (TPSA) is 78.9 Å². The van der Waals surface area contributed by atoms with Gasteiger partial charge in [0.1, 0.15) is 5.60 Å². The van der Waals surface area contributed by atoms with Gasteiger partial charge in [0, 0.05) is 19.1 Å². The van der Waals surface area contributed by atoms with Gasteiger partial charge in [-0.1, -0.05) is 30.3 Å². The Kier molecular flexibility index (Phi) is 5.49. The lowest BCUT2D eigenvalue weighted by Crippen LogP contribution is -2.45. The first-order chi connectivity index (χ1) is 11.2. The van der Waals surface area contributed by atoms with Crippen LogP contribution >= 0.6 is 0 Å². The molecule has 0 spiro atoms. The van der Waals surface area contributed by atoms with E-state index in [0.717, 1.165) is 5.56 Å². The third-order valence-corrected chi connectivity index (χ3v) is 4.18. The molecule has 2 N–H and O–H groups in total. The van der Waals surface area contributed by atoms with Crippen molar-refractivity contribution in [1.29, 1.82) is 0 Å². The number of rotatable bonds is 4. The fourth-order valence-electron chi connectivity index (χ4n) is 3.10. The minimum absolute atomic E-state index is 0.178. The number of carboxylic acids is 1. The average molecular weight is 334 g/mol. The molecule has 3 atom stereocenters. The number of aliphatic carboxylic acids is 1. The van der Waals surface area contributed by atoms with Crippen molar-refractivity contribution in [2.75, 3.05) is 6.54 Å². The van der Waals surface area contributed by atoms with Gasteiger partial charge in [0.15, 0.2) is 0 Å². The summed E-state index contributed by atoms with van der Waals surface area (Å²) in [4.78, 5) is 25.8. The molecule has 2 rings (SSSR count). The van der Waals surface area contributed by atoms with E-state index in [1.807, 2.05) is 37.3 Å². The van der Waals surface area contributed by atoms with Crippen LogP contribution in [0.5, 0.6) is 0 Å². The maximum absolute atomic E-state index is 12.0. The molecular formula is C18H26N2O4. The van der Waals surface area contributed by atoms with Crippen LogP contribution in [0.3, 0.4) is 0 Å². The molecule has 1 aliphatic rings. The Labute approximate surface area is 142 Å². The second-order valence-electron chi connectivity index (χ2n) is 7.27. The molecule has 6 heteroatoms. The first-order valence-electron chi connectivity index (χ1n) is 8.17. The number of carboxylic acid groups (broad SMARTS) is 1. The second-order valence-corrected chi connectivity index (χ2v) is 7.27. The molecule has 1 aromatic rings. The molecule has 1 heterocycles. The molecule has 0 bridgehead atoms. The van der Waals surface area contributed by atoms with E-state index in [1.54, 1.807) is 20.8 Å². The number of carbonyl (C=O) groups excluding carboxylic acids is 1. The van der Waals surface area contributed by atoms with E-state index in [1.165, 1.54) is 0 Å². The molecule has 132 valence electrons. The van der Waals surface area contributed by atoms with E-state index >= 15 is 0 Å². The van der Waals surface area contributed by atoms with Crippen molar-refractivity contribution in [2.45, 2.75) is 51.9 Å². The zero-order chi connectivity index (χ0) is 17.9. The zero-order valence-corrected chi connectivity index (χ0v) is 14.7. The van der Waals surface area contributed by atoms with Gasteiger partial charge >= 0.3 is 12.1 Å². The molecule has 1 unspecified atom stereocenters.